The van der Waals surface area contributed by atoms with Crippen molar-refractivity contribution in [3.63, 3.8) is 0 Å². The van der Waals surface area contributed by atoms with E-state index < -0.39 is 17.7 Å². The van der Waals surface area contributed by atoms with Gasteiger partial charge in [-0.1, -0.05) is 18.2 Å². The lowest BCUT2D eigenvalue weighted by molar-refractivity contribution is -0.132. The highest BCUT2D eigenvalue weighted by Crippen LogP contribution is 2.35. The van der Waals surface area contributed by atoms with Gasteiger partial charge in [0, 0.05) is 62.0 Å². The molecule has 2 aromatic carbocycles. The van der Waals surface area contributed by atoms with Crippen LogP contribution in [0.5, 0.6) is 0 Å². The first kappa shape index (κ1) is 30.8. The number of fused-ring (bicyclic) bond motifs is 6. The van der Waals surface area contributed by atoms with E-state index >= 15 is 0 Å². The van der Waals surface area contributed by atoms with Crippen molar-refractivity contribution in [2.24, 2.45) is 7.05 Å². The number of aliphatic hydroxyl groups is 1. The van der Waals surface area contributed by atoms with Crippen LogP contribution in [0, 0.1) is 11.6 Å². The second kappa shape index (κ2) is 12.5. The topological polar surface area (TPSA) is 130 Å². The van der Waals surface area contributed by atoms with Crippen molar-refractivity contribution in [1.82, 2.24) is 39.4 Å². The van der Waals surface area contributed by atoms with Gasteiger partial charge in [0.2, 0.25) is 5.91 Å². The minimum absolute atomic E-state index is 0.0367. The number of benzene rings is 2. The number of amides is 1. The van der Waals surface area contributed by atoms with Gasteiger partial charge in [-0.2, -0.15) is 10.2 Å². The van der Waals surface area contributed by atoms with Gasteiger partial charge in [-0.3, -0.25) is 9.48 Å². The molecule has 14 heteroatoms. The number of hydrogen-bond acceptors (Lipinski definition) is 9. The minimum Gasteiger partial charge on any atom is -0.396 e. The van der Waals surface area contributed by atoms with Gasteiger partial charge in [-0.25, -0.2) is 28.4 Å². The molecule has 1 saturated heterocycles. The second-order valence-corrected chi connectivity index (χ2v) is 12.5. The van der Waals surface area contributed by atoms with Crippen molar-refractivity contribution in [2.45, 2.75) is 37.8 Å². The summed E-state index contributed by atoms with van der Waals surface area (Å²) >= 11 is 0. The van der Waals surface area contributed by atoms with Gasteiger partial charge in [-0.15, -0.1) is 0 Å². The van der Waals surface area contributed by atoms with E-state index in [2.05, 4.69) is 26.4 Å². The molecule has 2 atom stereocenters. The number of carbonyl (C=O) groups is 1. The van der Waals surface area contributed by atoms with Crippen LogP contribution in [0.15, 0.2) is 67.1 Å². The van der Waals surface area contributed by atoms with Crippen LogP contribution >= 0.6 is 0 Å². The van der Waals surface area contributed by atoms with E-state index in [1.807, 2.05) is 51.9 Å². The highest BCUT2D eigenvalue weighted by molar-refractivity contribution is 5.96. The van der Waals surface area contributed by atoms with Gasteiger partial charge < -0.3 is 20.2 Å². The number of pyridine rings is 1. The summed E-state index contributed by atoms with van der Waals surface area (Å²) in [6.07, 6.45) is 5.20. The van der Waals surface area contributed by atoms with E-state index in [1.165, 1.54) is 17.1 Å². The smallest absolute Gasteiger partial charge is 0.245 e. The number of aryl methyl sites for hydroxylation is 2. The highest BCUT2D eigenvalue weighted by atomic mass is 19.1. The van der Waals surface area contributed by atoms with E-state index in [0.717, 1.165) is 40.0 Å². The van der Waals surface area contributed by atoms with Crippen LogP contribution < -0.4 is 10.2 Å². The molecule has 2 N–H and O–H groups in total. The second-order valence-electron chi connectivity index (χ2n) is 12.5. The molecule has 4 aromatic heterocycles. The molecule has 6 aromatic rings. The normalized spacial score (nSPS) is 18.2. The van der Waals surface area contributed by atoms with Crippen LogP contribution in [-0.4, -0.2) is 88.8 Å². The molecular formula is C35H34F2N10O2. The number of anilines is 2. The van der Waals surface area contributed by atoms with Gasteiger partial charge in [-0.05, 0) is 56.0 Å². The van der Waals surface area contributed by atoms with E-state index in [1.54, 1.807) is 6.20 Å². The summed E-state index contributed by atoms with van der Waals surface area (Å²) in [4.78, 5) is 32.4. The summed E-state index contributed by atoms with van der Waals surface area (Å²) in [5.41, 5.74) is 4.15. The van der Waals surface area contributed by atoms with Gasteiger partial charge in [0.1, 0.15) is 35.5 Å². The zero-order valence-corrected chi connectivity index (χ0v) is 26.8. The summed E-state index contributed by atoms with van der Waals surface area (Å²) in [6, 6.07) is 14.5. The Labute approximate surface area is 280 Å². The molecule has 2 aliphatic heterocycles. The molecule has 0 radical (unpaired) electrons. The van der Waals surface area contributed by atoms with Crippen LogP contribution in [0.25, 0.3) is 38.9 Å². The lowest BCUT2D eigenvalue weighted by Gasteiger charge is -2.31. The minimum atomic E-state index is -0.777. The lowest BCUT2D eigenvalue weighted by atomic mass is 10.0. The molecule has 6 heterocycles. The molecule has 250 valence electrons. The maximum Gasteiger partial charge on any atom is 0.245 e. The largest absolute Gasteiger partial charge is 0.396 e. The van der Waals surface area contributed by atoms with Gasteiger partial charge in [0.15, 0.2) is 11.5 Å². The summed E-state index contributed by atoms with van der Waals surface area (Å²) in [6.45, 7) is 1.27. The molecule has 0 aliphatic carbocycles. The standard InChI is InChI=1S/C35H34F2N10O2/c1-44-29-9-4-13-45(14-5-15-48)35(49)30-17-22(41-31-10-3-7-26(42-31)23-6-2-8-27(43-44)32(23)29)19-46(30)33-24-18-40-47(34(24)39-20-38-33)28-12-11-21(36)16-25(28)37/h2-3,6-8,10-12,16,18,20,22,30,48H,4-5,9,13-15,17,19H2,1H3,(H,41,42)/t22-,30-/m0/s1. The number of hydrogen-bond donors (Lipinski definition) is 2. The van der Waals surface area contributed by atoms with Crippen molar-refractivity contribution >= 4 is 39.5 Å². The van der Waals surface area contributed by atoms with Gasteiger partial charge in [0.25, 0.3) is 0 Å². The molecule has 4 bridgehead atoms. The van der Waals surface area contributed by atoms with Crippen LogP contribution in [-0.2, 0) is 18.3 Å². The van der Waals surface area contributed by atoms with Crippen LogP contribution in [0.3, 0.4) is 0 Å². The summed E-state index contributed by atoms with van der Waals surface area (Å²) in [5.74, 6) is -0.385. The Morgan fingerprint density at radius 1 is 1.08 bits per heavy atom. The molecule has 12 nitrogen and oxygen atoms in total. The fourth-order valence-electron chi connectivity index (χ4n) is 7.23. The molecule has 1 fully saturated rings. The Bertz CT molecular complexity index is 2200. The van der Waals surface area contributed by atoms with Crippen LogP contribution in [0.4, 0.5) is 20.4 Å². The third-order valence-corrected chi connectivity index (χ3v) is 9.44. The van der Waals surface area contributed by atoms with E-state index in [0.29, 0.717) is 68.0 Å². The number of halogens is 2. The zero-order chi connectivity index (χ0) is 33.6. The van der Waals surface area contributed by atoms with Crippen molar-refractivity contribution in [3.05, 3.63) is 84.4 Å². The fourth-order valence-corrected chi connectivity index (χ4v) is 7.23. The predicted octanol–water partition coefficient (Wildman–Crippen LogP) is 4.26. The van der Waals surface area contributed by atoms with Crippen molar-refractivity contribution in [1.29, 1.82) is 0 Å². The van der Waals surface area contributed by atoms with Gasteiger partial charge in [0.05, 0.1) is 22.8 Å². The lowest BCUT2D eigenvalue weighted by Crippen LogP contribution is -2.47. The third-order valence-electron chi connectivity index (χ3n) is 9.44. The van der Waals surface area contributed by atoms with E-state index in [9.17, 15) is 18.7 Å². The van der Waals surface area contributed by atoms with E-state index in [4.69, 9.17) is 10.1 Å². The maximum absolute atomic E-state index is 14.8. The Balaban J connectivity index is 1.21. The quantitative estimate of drug-likeness (QED) is 0.278. The molecule has 0 unspecified atom stereocenters. The average molecular weight is 665 g/mol. The molecule has 2 aliphatic rings. The van der Waals surface area contributed by atoms with Crippen molar-refractivity contribution in [2.75, 3.05) is 36.5 Å². The SMILES string of the molecule is Cn1nc2cccc3c2c1CCCN(CCCO)C(=O)[C@@H]1C[C@@H](CN1c1ncnc2c1cnn2-c1ccc(F)cc1F)Nc1cccc-3n1. The monoisotopic (exact) mass is 664 g/mol. The van der Waals surface area contributed by atoms with Crippen molar-refractivity contribution in [3.8, 4) is 16.9 Å². The zero-order valence-electron chi connectivity index (χ0n) is 26.8. The van der Waals surface area contributed by atoms with Crippen molar-refractivity contribution < 1.29 is 18.7 Å². The Kier molecular flexibility index (Phi) is 7.86. The molecule has 0 saturated carbocycles. The van der Waals surface area contributed by atoms with Crippen LogP contribution in [0.2, 0.25) is 0 Å². The number of aliphatic hydroxyl groups excluding tert-OH is 1. The molecule has 1 amide bonds. The molecular weight excluding hydrogens is 630 g/mol. The number of rotatable bonds is 5. The molecule has 49 heavy (non-hydrogen) atoms. The Morgan fingerprint density at radius 2 is 1.96 bits per heavy atom. The first-order valence-corrected chi connectivity index (χ1v) is 16.4. The first-order valence-electron chi connectivity index (χ1n) is 16.4. The molecule has 8 rings (SSSR count). The van der Waals surface area contributed by atoms with E-state index in [-0.39, 0.29) is 24.2 Å². The Morgan fingerprint density at radius 3 is 2.82 bits per heavy atom. The maximum atomic E-state index is 14.8. The summed E-state index contributed by atoms with van der Waals surface area (Å²) in [7, 11) is 1.94. The summed E-state index contributed by atoms with van der Waals surface area (Å²) < 4.78 is 31.8. The number of aromatic nitrogens is 7. The fraction of sp³-hybridized carbons (Fsp3) is 0.314. The number of nitrogens with zero attached hydrogens (tertiary/aromatic N) is 9. The van der Waals surface area contributed by atoms with Crippen LogP contribution in [0.1, 0.15) is 25.0 Å². The Hall–Kier alpha value is -5.50. The average Bonchev–Trinajstić information content (AvgIpc) is 3.81. The molecule has 0 spiro atoms. The number of carbonyl (C=O) groups excluding carboxylic acids is 1. The third kappa shape index (κ3) is 5.51. The number of nitrogens with one attached hydrogen (secondary N) is 1. The summed E-state index contributed by atoms with van der Waals surface area (Å²) in [5, 5.41) is 24.1. The van der Waals surface area contributed by atoms with Gasteiger partial charge >= 0.3 is 0 Å². The first-order chi connectivity index (χ1) is 23.9. The predicted molar refractivity (Wildman–Crippen MR) is 180 cm³/mol. The highest BCUT2D eigenvalue weighted by Gasteiger charge is 2.41.